The van der Waals surface area contributed by atoms with E-state index in [4.69, 9.17) is 4.52 Å². The summed E-state index contributed by atoms with van der Waals surface area (Å²) < 4.78 is 5.28. The number of nitrogens with zero attached hydrogens (tertiary/aromatic N) is 2. The Hall–Kier alpha value is -1.16. The second-order valence-electron chi connectivity index (χ2n) is 4.30. The lowest BCUT2D eigenvalue weighted by Gasteiger charge is -2.33. The van der Waals surface area contributed by atoms with Crippen molar-refractivity contribution in [1.82, 2.24) is 10.1 Å². The lowest BCUT2D eigenvalue weighted by molar-refractivity contribution is 0.0995. The van der Waals surface area contributed by atoms with E-state index in [1.54, 1.807) is 13.1 Å². The van der Waals surface area contributed by atoms with Gasteiger partial charge >= 0.3 is 0 Å². The number of rotatable bonds is 3. The quantitative estimate of drug-likeness (QED) is 0.737. The fourth-order valence-electron chi connectivity index (χ4n) is 2.42. The fourth-order valence-corrected chi connectivity index (χ4v) is 2.42. The molecule has 1 fully saturated rings. The molecule has 1 aromatic rings. The van der Waals surface area contributed by atoms with Crippen molar-refractivity contribution in [3.63, 3.8) is 0 Å². The second kappa shape index (κ2) is 4.78. The summed E-state index contributed by atoms with van der Waals surface area (Å²) in [5, 5.41) is 3.76. The van der Waals surface area contributed by atoms with Crippen LogP contribution in [0.1, 0.15) is 55.3 Å². The number of piperidine rings is 1. The molecule has 0 bridgehead atoms. The number of likely N-dealkylation sites (tertiary alicyclic amines) is 1. The van der Waals surface area contributed by atoms with Gasteiger partial charge < -0.3 is 4.52 Å². The van der Waals surface area contributed by atoms with Gasteiger partial charge in [0.1, 0.15) is 0 Å². The smallest absolute Gasteiger partial charge is 0.165 e. The molecule has 0 saturated carbocycles. The predicted octanol–water partition coefficient (Wildman–Crippen LogP) is 2.42. The highest BCUT2D eigenvalue weighted by Gasteiger charge is 2.29. The molecule has 0 spiro atoms. The van der Waals surface area contributed by atoms with E-state index in [1.807, 2.05) is 0 Å². The number of aromatic nitrogens is 1. The number of Topliss-reactive ketones (excluding diaryl/α,β-unsaturated/α-hetero) is 1. The first-order valence-electron chi connectivity index (χ1n) is 5.93. The molecule has 0 aliphatic carbocycles. The molecular formula is C12H18N2O2. The van der Waals surface area contributed by atoms with Crippen molar-refractivity contribution in [2.45, 2.75) is 39.2 Å². The minimum atomic E-state index is 0.0397. The molecule has 1 aromatic heterocycles. The zero-order valence-corrected chi connectivity index (χ0v) is 9.90. The Bertz CT molecular complexity index is 373. The van der Waals surface area contributed by atoms with Crippen LogP contribution in [0.15, 0.2) is 10.7 Å². The summed E-state index contributed by atoms with van der Waals surface area (Å²) >= 11 is 0. The molecule has 1 atom stereocenters. The number of carbonyl (C=O) groups is 1. The van der Waals surface area contributed by atoms with Gasteiger partial charge in [-0.25, -0.2) is 0 Å². The standard InChI is InChI=1S/C12H18N2O2/c1-3-14-7-5-4-6-11(14)12-10(9(2)15)8-13-16-12/h8,11H,3-7H2,1-2H3. The number of ketones is 1. The third-order valence-electron chi connectivity index (χ3n) is 3.30. The van der Waals surface area contributed by atoms with Crippen LogP contribution < -0.4 is 0 Å². The number of hydrogen-bond donors (Lipinski definition) is 0. The van der Waals surface area contributed by atoms with E-state index in [9.17, 15) is 4.79 Å². The van der Waals surface area contributed by atoms with E-state index < -0.39 is 0 Å². The summed E-state index contributed by atoms with van der Waals surface area (Å²) in [4.78, 5) is 13.8. The largest absolute Gasteiger partial charge is 0.359 e. The average molecular weight is 222 g/mol. The molecule has 0 aromatic carbocycles. The van der Waals surface area contributed by atoms with Crippen molar-refractivity contribution >= 4 is 5.78 Å². The van der Waals surface area contributed by atoms with Crippen molar-refractivity contribution < 1.29 is 9.32 Å². The molecule has 1 saturated heterocycles. The summed E-state index contributed by atoms with van der Waals surface area (Å²) in [6.07, 6.45) is 5.02. The Morgan fingerprint density at radius 1 is 1.62 bits per heavy atom. The normalized spacial score (nSPS) is 22.2. The van der Waals surface area contributed by atoms with Crippen molar-refractivity contribution in [2.24, 2.45) is 0 Å². The van der Waals surface area contributed by atoms with Gasteiger partial charge in [-0.2, -0.15) is 0 Å². The molecular weight excluding hydrogens is 204 g/mol. The van der Waals surface area contributed by atoms with E-state index in [-0.39, 0.29) is 11.8 Å². The van der Waals surface area contributed by atoms with E-state index in [2.05, 4.69) is 17.0 Å². The van der Waals surface area contributed by atoms with Crippen molar-refractivity contribution in [3.05, 3.63) is 17.5 Å². The van der Waals surface area contributed by atoms with Crippen LogP contribution in [0.25, 0.3) is 0 Å². The first-order chi connectivity index (χ1) is 7.74. The van der Waals surface area contributed by atoms with Crippen molar-refractivity contribution in [1.29, 1.82) is 0 Å². The van der Waals surface area contributed by atoms with E-state index in [0.29, 0.717) is 5.56 Å². The Kier molecular flexibility index (Phi) is 3.39. The van der Waals surface area contributed by atoms with Gasteiger partial charge in [-0.05, 0) is 32.9 Å². The van der Waals surface area contributed by atoms with E-state index in [0.717, 1.165) is 25.3 Å². The topological polar surface area (TPSA) is 46.3 Å². The van der Waals surface area contributed by atoms with Crippen LogP contribution in [-0.4, -0.2) is 28.9 Å². The number of hydrogen-bond acceptors (Lipinski definition) is 4. The van der Waals surface area contributed by atoms with E-state index in [1.165, 1.54) is 12.8 Å². The van der Waals surface area contributed by atoms with Gasteiger partial charge in [0, 0.05) is 0 Å². The molecule has 2 heterocycles. The molecule has 16 heavy (non-hydrogen) atoms. The van der Waals surface area contributed by atoms with Gasteiger partial charge in [0.25, 0.3) is 0 Å². The number of carbonyl (C=O) groups excluding carboxylic acids is 1. The molecule has 0 amide bonds. The van der Waals surface area contributed by atoms with Crippen LogP contribution in [0.2, 0.25) is 0 Å². The summed E-state index contributed by atoms with van der Waals surface area (Å²) in [5.74, 6) is 0.798. The Morgan fingerprint density at radius 3 is 3.12 bits per heavy atom. The lowest BCUT2D eigenvalue weighted by Crippen LogP contribution is -2.33. The fraction of sp³-hybridized carbons (Fsp3) is 0.667. The summed E-state index contributed by atoms with van der Waals surface area (Å²) in [6.45, 7) is 5.78. The minimum absolute atomic E-state index is 0.0397. The molecule has 1 unspecified atom stereocenters. The van der Waals surface area contributed by atoms with Crippen molar-refractivity contribution in [3.8, 4) is 0 Å². The third-order valence-corrected chi connectivity index (χ3v) is 3.30. The molecule has 1 aliphatic heterocycles. The average Bonchev–Trinajstić information content (AvgIpc) is 2.77. The van der Waals surface area contributed by atoms with Gasteiger partial charge in [0.15, 0.2) is 11.5 Å². The lowest BCUT2D eigenvalue weighted by atomic mass is 9.97. The van der Waals surface area contributed by atoms with Gasteiger partial charge in [-0.3, -0.25) is 9.69 Å². The molecule has 2 rings (SSSR count). The zero-order chi connectivity index (χ0) is 11.5. The highest BCUT2D eigenvalue weighted by Crippen LogP contribution is 2.32. The summed E-state index contributed by atoms with van der Waals surface area (Å²) in [7, 11) is 0. The third kappa shape index (κ3) is 2.02. The van der Waals surface area contributed by atoms with Crippen LogP contribution in [0.5, 0.6) is 0 Å². The maximum atomic E-state index is 11.4. The van der Waals surface area contributed by atoms with Gasteiger partial charge in [0.2, 0.25) is 0 Å². The van der Waals surface area contributed by atoms with E-state index >= 15 is 0 Å². The van der Waals surface area contributed by atoms with Crippen molar-refractivity contribution in [2.75, 3.05) is 13.1 Å². The highest BCUT2D eigenvalue weighted by atomic mass is 16.5. The van der Waals surface area contributed by atoms with Crippen LogP contribution in [-0.2, 0) is 0 Å². The zero-order valence-electron chi connectivity index (χ0n) is 9.90. The Labute approximate surface area is 95.6 Å². The van der Waals surface area contributed by atoms with Gasteiger partial charge in [-0.15, -0.1) is 0 Å². The summed E-state index contributed by atoms with van der Waals surface area (Å²) in [6, 6.07) is 0.236. The van der Waals surface area contributed by atoms with Gasteiger partial charge in [0.05, 0.1) is 17.8 Å². The minimum Gasteiger partial charge on any atom is -0.359 e. The van der Waals surface area contributed by atoms with Gasteiger partial charge in [-0.1, -0.05) is 18.5 Å². The van der Waals surface area contributed by atoms with Crippen LogP contribution in [0, 0.1) is 0 Å². The second-order valence-corrected chi connectivity index (χ2v) is 4.30. The van der Waals surface area contributed by atoms with Crippen LogP contribution in [0.4, 0.5) is 0 Å². The molecule has 0 radical (unpaired) electrons. The SMILES string of the molecule is CCN1CCCCC1c1oncc1C(C)=O. The Morgan fingerprint density at radius 2 is 2.44 bits per heavy atom. The van der Waals surface area contributed by atoms with Crippen LogP contribution in [0.3, 0.4) is 0 Å². The molecule has 4 heteroatoms. The Balaban J connectivity index is 2.27. The highest BCUT2D eigenvalue weighted by molar-refractivity contribution is 5.94. The maximum Gasteiger partial charge on any atom is 0.165 e. The monoisotopic (exact) mass is 222 g/mol. The maximum absolute atomic E-state index is 11.4. The predicted molar refractivity (Wildman–Crippen MR) is 60.3 cm³/mol. The first kappa shape index (κ1) is 11.3. The molecule has 1 aliphatic rings. The molecule has 4 nitrogen and oxygen atoms in total. The first-order valence-corrected chi connectivity index (χ1v) is 5.93. The van der Waals surface area contributed by atoms with Crippen LogP contribution >= 0.6 is 0 Å². The molecule has 0 N–H and O–H groups in total. The summed E-state index contributed by atoms with van der Waals surface area (Å²) in [5.41, 5.74) is 0.644. The molecule has 88 valence electrons.